The summed E-state index contributed by atoms with van der Waals surface area (Å²) in [5.41, 5.74) is 0. The van der Waals surface area contributed by atoms with Crippen LogP contribution >= 0.6 is 15.9 Å². The van der Waals surface area contributed by atoms with E-state index in [0.717, 1.165) is 22.2 Å². The fourth-order valence-corrected chi connectivity index (χ4v) is 2.77. The van der Waals surface area contributed by atoms with Gasteiger partial charge in [0.25, 0.3) is 0 Å². The summed E-state index contributed by atoms with van der Waals surface area (Å²) in [4.78, 5) is 8.52. The zero-order chi connectivity index (χ0) is 13.9. The van der Waals surface area contributed by atoms with Gasteiger partial charge in [0, 0.05) is 46.4 Å². The first-order valence-electron chi connectivity index (χ1n) is 6.49. The Balaban J connectivity index is 1.85. The molecule has 2 aromatic heterocycles. The zero-order valence-corrected chi connectivity index (χ0v) is 12.7. The lowest BCUT2D eigenvalue weighted by molar-refractivity contribution is 0.617. The number of benzene rings is 1. The van der Waals surface area contributed by atoms with Crippen LogP contribution in [-0.2, 0) is 6.54 Å². The predicted molar refractivity (Wildman–Crippen MR) is 84.8 cm³/mol. The quantitative estimate of drug-likeness (QED) is 0.793. The second-order valence-corrected chi connectivity index (χ2v) is 5.65. The molecule has 0 saturated heterocycles. The van der Waals surface area contributed by atoms with E-state index in [-0.39, 0.29) is 6.04 Å². The van der Waals surface area contributed by atoms with Gasteiger partial charge in [-0.2, -0.15) is 0 Å². The van der Waals surface area contributed by atoms with Gasteiger partial charge in [0.15, 0.2) is 0 Å². The highest BCUT2D eigenvalue weighted by atomic mass is 79.9. The Hall–Kier alpha value is -1.88. The summed E-state index contributed by atoms with van der Waals surface area (Å²) in [5.74, 6) is 0.913. The molecule has 0 spiro atoms. The van der Waals surface area contributed by atoms with Crippen LogP contribution in [-0.4, -0.2) is 20.6 Å². The highest BCUT2D eigenvalue weighted by molar-refractivity contribution is 9.10. The second-order valence-electron chi connectivity index (χ2n) is 4.80. The maximum Gasteiger partial charge on any atom is 0.134 e. The van der Waals surface area contributed by atoms with Crippen LogP contribution in [0.1, 0.15) is 6.92 Å². The smallest absolute Gasteiger partial charge is 0.134 e. The molecule has 0 aliphatic carbocycles. The summed E-state index contributed by atoms with van der Waals surface area (Å²) < 4.78 is 3.14. The number of hydrogen-bond acceptors (Lipinski definition) is 3. The first kappa shape index (κ1) is 13.1. The van der Waals surface area contributed by atoms with E-state index in [1.54, 1.807) is 6.20 Å². The summed E-state index contributed by atoms with van der Waals surface area (Å²) >= 11 is 3.58. The minimum atomic E-state index is 0.265. The molecule has 1 aromatic carbocycles. The highest BCUT2D eigenvalue weighted by Gasteiger charge is 2.08. The lowest BCUT2D eigenvalue weighted by atomic mass is 10.1. The SMILES string of the molecule is CC(Cn1ccnc1)Nc1nccc2c(Br)cccc12. The average Bonchev–Trinajstić information content (AvgIpc) is 2.93. The molecule has 0 aliphatic heterocycles. The third kappa shape index (κ3) is 2.67. The van der Waals surface area contributed by atoms with Gasteiger partial charge in [-0.1, -0.05) is 28.1 Å². The van der Waals surface area contributed by atoms with Gasteiger partial charge in [-0.3, -0.25) is 0 Å². The third-order valence-electron chi connectivity index (χ3n) is 3.18. The van der Waals surface area contributed by atoms with Crippen LogP contribution in [0.3, 0.4) is 0 Å². The summed E-state index contributed by atoms with van der Waals surface area (Å²) in [6.07, 6.45) is 7.41. The van der Waals surface area contributed by atoms with Gasteiger partial charge in [-0.25, -0.2) is 9.97 Å². The molecule has 0 amide bonds. The lowest BCUT2D eigenvalue weighted by Crippen LogP contribution is -2.22. The van der Waals surface area contributed by atoms with Crippen molar-refractivity contribution in [3.8, 4) is 0 Å². The standard InChI is InChI=1S/C15H15BrN4/c1-11(9-20-8-7-17-10-20)19-15-13-3-2-4-14(16)12(13)5-6-18-15/h2-8,10-11H,9H2,1H3,(H,18,19). The molecule has 3 aromatic rings. The third-order valence-corrected chi connectivity index (χ3v) is 3.87. The van der Waals surface area contributed by atoms with Crippen LogP contribution in [0.2, 0.25) is 0 Å². The van der Waals surface area contributed by atoms with Crippen molar-refractivity contribution in [3.05, 3.63) is 53.7 Å². The number of halogens is 1. The molecule has 2 heterocycles. The van der Waals surface area contributed by atoms with Gasteiger partial charge in [0.1, 0.15) is 5.82 Å². The van der Waals surface area contributed by atoms with Gasteiger partial charge in [0.05, 0.1) is 6.33 Å². The summed E-state index contributed by atoms with van der Waals surface area (Å²) in [7, 11) is 0. The molecular formula is C15H15BrN4. The molecular weight excluding hydrogens is 316 g/mol. The molecule has 1 unspecified atom stereocenters. The number of imidazole rings is 1. The van der Waals surface area contributed by atoms with Crippen LogP contribution in [0.15, 0.2) is 53.7 Å². The zero-order valence-electron chi connectivity index (χ0n) is 11.1. The van der Waals surface area contributed by atoms with Gasteiger partial charge >= 0.3 is 0 Å². The van der Waals surface area contributed by atoms with Crippen molar-refractivity contribution in [1.29, 1.82) is 0 Å². The van der Waals surface area contributed by atoms with E-state index in [1.807, 2.05) is 36.9 Å². The normalized spacial score (nSPS) is 12.5. The molecule has 5 heteroatoms. The van der Waals surface area contributed by atoms with Crippen LogP contribution < -0.4 is 5.32 Å². The summed E-state index contributed by atoms with van der Waals surface area (Å²) in [5, 5.41) is 5.76. The van der Waals surface area contributed by atoms with Crippen LogP contribution in [0.25, 0.3) is 10.8 Å². The largest absolute Gasteiger partial charge is 0.365 e. The van der Waals surface area contributed by atoms with E-state index >= 15 is 0 Å². The van der Waals surface area contributed by atoms with Crippen LogP contribution in [0.5, 0.6) is 0 Å². The fourth-order valence-electron chi connectivity index (χ4n) is 2.27. The fraction of sp³-hybridized carbons (Fsp3) is 0.200. The first-order chi connectivity index (χ1) is 9.74. The van der Waals surface area contributed by atoms with E-state index in [9.17, 15) is 0 Å². The van der Waals surface area contributed by atoms with Crippen molar-refractivity contribution < 1.29 is 0 Å². The Kier molecular flexibility index (Phi) is 3.69. The van der Waals surface area contributed by atoms with E-state index < -0.39 is 0 Å². The Morgan fingerprint density at radius 2 is 2.15 bits per heavy atom. The molecule has 1 atom stereocenters. The van der Waals surface area contributed by atoms with E-state index in [2.05, 4.69) is 48.8 Å². The first-order valence-corrected chi connectivity index (χ1v) is 7.29. The number of hydrogen-bond donors (Lipinski definition) is 1. The molecule has 4 nitrogen and oxygen atoms in total. The van der Waals surface area contributed by atoms with Crippen LogP contribution in [0.4, 0.5) is 5.82 Å². The van der Waals surface area contributed by atoms with Gasteiger partial charge in [-0.05, 0) is 19.1 Å². The van der Waals surface area contributed by atoms with E-state index in [0.29, 0.717) is 0 Å². The molecule has 0 bridgehead atoms. The molecule has 102 valence electrons. The molecule has 0 saturated carbocycles. The monoisotopic (exact) mass is 330 g/mol. The van der Waals surface area contributed by atoms with E-state index in [4.69, 9.17) is 0 Å². The Bertz CT molecular complexity index is 709. The van der Waals surface area contributed by atoms with Gasteiger partial charge in [0.2, 0.25) is 0 Å². The molecule has 20 heavy (non-hydrogen) atoms. The maximum absolute atomic E-state index is 4.46. The van der Waals surface area contributed by atoms with Crippen molar-refractivity contribution in [2.45, 2.75) is 19.5 Å². The van der Waals surface area contributed by atoms with Crippen molar-refractivity contribution in [1.82, 2.24) is 14.5 Å². The van der Waals surface area contributed by atoms with Crippen molar-refractivity contribution >= 4 is 32.5 Å². The minimum absolute atomic E-state index is 0.265. The Labute approximate surface area is 126 Å². The number of pyridine rings is 1. The maximum atomic E-state index is 4.46. The van der Waals surface area contributed by atoms with Crippen LogP contribution in [0, 0.1) is 0 Å². The number of nitrogens with zero attached hydrogens (tertiary/aromatic N) is 3. The average molecular weight is 331 g/mol. The molecule has 0 radical (unpaired) electrons. The number of anilines is 1. The Morgan fingerprint density at radius 1 is 1.25 bits per heavy atom. The topological polar surface area (TPSA) is 42.7 Å². The van der Waals surface area contributed by atoms with E-state index in [1.165, 1.54) is 5.39 Å². The lowest BCUT2D eigenvalue weighted by Gasteiger charge is -2.16. The summed E-state index contributed by atoms with van der Waals surface area (Å²) in [6, 6.07) is 8.44. The summed E-state index contributed by atoms with van der Waals surface area (Å²) in [6.45, 7) is 2.99. The number of rotatable bonds is 4. The molecule has 3 rings (SSSR count). The molecule has 0 fully saturated rings. The predicted octanol–water partition coefficient (Wildman–Crippen LogP) is 3.69. The minimum Gasteiger partial charge on any atom is -0.365 e. The number of fused-ring (bicyclic) bond motifs is 1. The number of nitrogens with one attached hydrogen (secondary N) is 1. The number of aromatic nitrogens is 3. The second kappa shape index (κ2) is 5.63. The Morgan fingerprint density at radius 3 is 2.95 bits per heavy atom. The van der Waals surface area contributed by atoms with Crippen molar-refractivity contribution in [3.63, 3.8) is 0 Å². The molecule has 1 N–H and O–H groups in total. The molecule has 0 aliphatic rings. The van der Waals surface area contributed by atoms with Gasteiger partial charge in [-0.15, -0.1) is 0 Å². The van der Waals surface area contributed by atoms with Crippen molar-refractivity contribution in [2.75, 3.05) is 5.32 Å². The van der Waals surface area contributed by atoms with Gasteiger partial charge < -0.3 is 9.88 Å². The highest BCUT2D eigenvalue weighted by Crippen LogP contribution is 2.27. The van der Waals surface area contributed by atoms with Crippen molar-refractivity contribution in [2.24, 2.45) is 0 Å².